The highest BCUT2D eigenvalue weighted by atomic mass is 32.2. The molecule has 0 spiro atoms. The molecule has 0 radical (unpaired) electrons. The van der Waals surface area contributed by atoms with Gasteiger partial charge in [0.15, 0.2) is 0 Å². The number of hydrogen-bond acceptors (Lipinski definition) is 4. The third-order valence-electron chi connectivity index (χ3n) is 2.41. The van der Waals surface area contributed by atoms with Gasteiger partial charge in [-0.15, -0.1) is 0 Å². The van der Waals surface area contributed by atoms with Crippen LogP contribution in [0.3, 0.4) is 0 Å². The standard InChI is InChI=1S/C13H17NO4S2/c1-11-5-6-13(12(10-11)4-3-8-15)20(17,18)14-7-9-19(2)16/h5-6,10,14-15H,7-9H2,1-2H3. The third-order valence-corrected chi connectivity index (χ3v) is 4.71. The predicted molar refractivity (Wildman–Crippen MR) is 79.3 cm³/mol. The van der Waals surface area contributed by atoms with Crippen molar-refractivity contribution in [3.05, 3.63) is 29.3 Å². The van der Waals surface area contributed by atoms with Crippen LogP contribution in [0.4, 0.5) is 0 Å². The first-order chi connectivity index (χ1) is 9.36. The Hall–Kier alpha value is -1.20. The van der Waals surface area contributed by atoms with Crippen LogP contribution in [-0.4, -0.2) is 42.9 Å². The lowest BCUT2D eigenvalue weighted by molar-refractivity contribution is 0.350. The number of benzene rings is 1. The van der Waals surface area contributed by atoms with E-state index in [0.29, 0.717) is 5.56 Å². The van der Waals surface area contributed by atoms with Gasteiger partial charge in [0.25, 0.3) is 0 Å². The van der Waals surface area contributed by atoms with Crippen LogP contribution in [-0.2, 0) is 20.8 Å². The summed E-state index contributed by atoms with van der Waals surface area (Å²) in [5.74, 6) is 5.33. The lowest BCUT2D eigenvalue weighted by atomic mass is 10.1. The quantitative estimate of drug-likeness (QED) is 0.749. The van der Waals surface area contributed by atoms with Crippen LogP contribution in [0.25, 0.3) is 0 Å². The topological polar surface area (TPSA) is 83.5 Å². The summed E-state index contributed by atoms with van der Waals surface area (Å²) in [7, 11) is -4.76. The summed E-state index contributed by atoms with van der Waals surface area (Å²) < 4.78 is 37.7. The SMILES string of the molecule is Cc1ccc(S(=O)(=O)NCCS(C)=O)c(C#CCO)c1. The van der Waals surface area contributed by atoms with E-state index in [1.807, 2.05) is 6.92 Å². The van der Waals surface area contributed by atoms with E-state index in [0.717, 1.165) is 5.56 Å². The highest BCUT2D eigenvalue weighted by Gasteiger charge is 2.17. The average Bonchev–Trinajstić information content (AvgIpc) is 2.35. The van der Waals surface area contributed by atoms with E-state index < -0.39 is 20.8 Å². The van der Waals surface area contributed by atoms with Crippen molar-refractivity contribution in [3.63, 3.8) is 0 Å². The molecule has 0 saturated heterocycles. The second kappa shape index (κ2) is 7.55. The van der Waals surface area contributed by atoms with Crippen molar-refractivity contribution >= 4 is 20.8 Å². The molecule has 1 aromatic rings. The Balaban J connectivity index is 3.07. The number of rotatable bonds is 5. The van der Waals surface area contributed by atoms with E-state index in [-0.39, 0.29) is 23.8 Å². The monoisotopic (exact) mass is 315 g/mol. The molecule has 110 valence electrons. The van der Waals surface area contributed by atoms with Crippen LogP contribution in [0.15, 0.2) is 23.1 Å². The van der Waals surface area contributed by atoms with Gasteiger partial charge in [0.1, 0.15) is 6.61 Å². The van der Waals surface area contributed by atoms with Crippen LogP contribution in [0.1, 0.15) is 11.1 Å². The molecule has 0 aliphatic heterocycles. The highest BCUT2D eigenvalue weighted by Crippen LogP contribution is 2.16. The molecule has 0 fully saturated rings. The normalized spacial score (nSPS) is 12.6. The highest BCUT2D eigenvalue weighted by molar-refractivity contribution is 7.89. The molecule has 0 bridgehead atoms. The van der Waals surface area contributed by atoms with Gasteiger partial charge in [-0.3, -0.25) is 4.21 Å². The largest absolute Gasteiger partial charge is 0.384 e. The van der Waals surface area contributed by atoms with Crippen molar-refractivity contribution in [1.29, 1.82) is 0 Å². The van der Waals surface area contributed by atoms with Crippen molar-refractivity contribution in [2.24, 2.45) is 0 Å². The van der Waals surface area contributed by atoms with Crippen molar-refractivity contribution in [1.82, 2.24) is 4.72 Å². The summed E-state index contributed by atoms with van der Waals surface area (Å²) in [6.07, 6.45) is 1.51. The fraction of sp³-hybridized carbons (Fsp3) is 0.385. The van der Waals surface area contributed by atoms with E-state index in [1.54, 1.807) is 12.1 Å². The summed E-state index contributed by atoms with van der Waals surface area (Å²) in [6, 6.07) is 4.80. The Morgan fingerprint density at radius 3 is 2.70 bits per heavy atom. The molecule has 20 heavy (non-hydrogen) atoms. The van der Waals surface area contributed by atoms with Crippen molar-refractivity contribution in [2.75, 3.05) is 25.2 Å². The van der Waals surface area contributed by atoms with E-state index in [9.17, 15) is 12.6 Å². The van der Waals surface area contributed by atoms with Crippen LogP contribution in [0.5, 0.6) is 0 Å². The van der Waals surface area contributed by atoms with Gasteiger partial charge >= 0.3 is 0 Å². The zero-order valence-electron chi connectivity index (χ0n) is 11.3. The summed E-state index contributed by atoms with van der Waals surface area (Å²) in [5, 5.41) is 8.72. The lowest BCUT2D eigenvalue weighted by Gasteiger charge is -2.08. The third kappa shape index (κ3) is 5.06. The minimum atomic E-state index is -3.70. The van der Waals surface area contributed by atoms with E-state index in [4.69, 9.17) is 5.11 Å². The predicted octanol–water partition coefficient (Wildman–Crippen LogP) is -0.00438. The maximum absolute atomic E-state index is 12.2. The molecule has 1 rings (SSSR count). The molecule has 0 aromatic heterocycles. The Kier molecular flexibility index (Phi) is 6.36. The molecule has 7 heteroatoms. The summed E-state index contributed by atoms with van der Waals surface area (Å²) in [5.41, 5.74) is 1.21. The summed E-state index contributed by atoms with van der Waals surface area (Å²) in [6.45, 7) is 1.59. The molecule has 0 aliphatic rings. The molecule has 0 aliphatic carbocycles. The first kappa shape index (κ1) is 16.9. The van der Waals surface area contributed by atoms with Gasteiger partial charge in [0.05, 0.1) is 4.90 Å². The molecule has 0 amide bonds. The van der Waals surface area contributed by atoms with Gasteiger partial charge in [0, 0.05) is 34.9 Å². The fourth-order valence-electron chi connectivity index (χ4n) is 1.51. The van der Waals surface area contributed by atoms with Crippen molar-refractivity contribution in [2.45, 2.75) is 11.8 Å². The van der Waals surface area contributed by atoms with Crippen molar-refractivity contribution in [3.8, 4) is 11.8 Å². The van der Waals surface area contributed by atoms with Gasteiger partial charge in [-0.05, 0) is 24.6 Å². The fourth-order valence-corrected chi connectivity index (χ4v) is 3.20. The number of hydrogen-bond donors (Lipinski definition) is 2. The van der Waals surface area contributed by atoms with Crippen LogP contribution >= 0.6 is 0 Å². The Morgan fingerprint density at radius 1 is 1.40 bits per heavy atom. The number of aliphatic hydroxyl groups is 1. The minimum absolute atomic E-state index is 0.0611. The lowest BCUT2D eigenvalue weighted by Crippen LogP contribution is -2.28. The van der Waals surface area contributed by atoms with E-state index >= 15 is 0 Å². The van der Waals surface area contributed by atoms with Crippen LogP contribution in [0, 0.1) is 18.8 Å². The van der Waals surface area contributed by atoms with Gasteiger partial charge in [0.2, 0.25) is 10.0 Å². The first-order valence-electron chi connectivity index (χ1n) is 5.87. The number of sulfonamides is 1. The van der Waals surface area contributed by atoms with Crippen molar-refractivity contribution < 1.29 is 17.7 Å². The molecular formula is C13H17NO4S2. The number of aryl methyl sites for hydroxylation is 1. The van der Waals surface area contributed by atoms with Gasteiger partial charge in [-0.25, -0.2) is 13.1 Å². The van der Waals surface area contributed by atoms with E-state index in [2.05, 4.69) is 16.6 Å². The van der Waals surface area contributed by atoms with Crippen LogP contribution < -0.4 is 4.72 Å². The van der Waals surface area contributed by atoms with Gasteiger partial charge in [-0.2, -0.15) is 0 Å². The minimum Gasteiger partial charge on any atom is -0.384 e. The summed E-state index contributed by atoms with van der Waals surface area (Å²) in [4.78, 5) is 0.0611. The Labute approximate surface area is 121 Å². The Bertz CT molecular complexity index is 657. The maximum Gasteiger partial charge on any atom is 0.241 e. The molecule has 1 aromatic carbocycles. The number of nitrogens with one attached hydrogen (secondary N) is 1. The molecule has 0 saturated carbocycles. The van der Waals surface area contributed by atoms with Gasteiger partial charge in [-0.1, -0.05) is 17.9 Å². The molecule has 2 N–H and O–H groups in total. The molecule has 1 atom stereocenters. The number of aliphatic hydroxyl groups excluding tert-OH is 1. The summed E-state index contributed by atoms with van der Waals surface area (Å²) >= 11 is 0. The zero-order valence-corrected chi connectivity index (χ0v) is 13.0. The second-order valence-corrected chi connectivity index (χ2v) is 7.42. The van der Waals surface area contributed by atoms with Crippen LogP contribution in [0.2, 0.25) is 0 Å². The smallest absolute Gasteiger partial charge is 0.241 e. The molecule has 5 nitrogen and oxygen atoms in total. The Morgan fingerprint density at radius 2 is 2.10 bits per heavy atom. The van der Waals surface area contributed by atoms with E-state index in [1.165, 1.54) is 12.3 Å². The molecule has 1 unspecified atom stereocenters. The molecular weight excluding hydrogens is 298 g/mol. The molecule has 0 heterocycles. The van der Waals surface area contributed by atoms with Gasteiger partial charge < -0.3 is 5.11 Å². The maximum atomic E-state index is 12.2. The second-order valence-electron chi connectivity index (χ2n) is 4.13. The average molecular weight is 315 g/mol. The zero-order chi connectivity index (χ0) is 15.2. The first-order valence-corrected chi connectivity index (χ1v) is 9.08.